The fourth-order valence-corrected chi connectivity index (χ4v) is 5.53. The van der Waals surface area contributed by atoms with Gasteiger partial charge in [0.15, 0.2) is 0 Å². The Hall–Kier alpha value is -2.39. The van der Waals surface area contributed by atoms with E-state index in [1.807, 2.05) is 38.1 Å². The molecule has 9 heteroatoms. The highest BCUT2D eigenvalue weighted by molar-refractivity contribution is 7.92. The van der Waals surface area contributed by atoms with Crippen molar-refractivity contribution in [3.8, 4) is 0 Å². The molecule has 30 heavy (non-hydrogen) atoms. The lowest BCUT2D eigenvalue weighted by Crippen LogP contribution is -2.29. The molecule has 0 fully saturated rings. The SMILES string of the molecule is CCCS(=O)(=O)N1N=C(c2ccc(NS(=O)(=O)CC)cc2)CC1c1cccc(C)c1. The minimum absolute atomic E-state index is 0.0100. The predicted octanol–water partition coefficient (Wildman–Crippen LogP) is 3.65. The maximum absolute atomic E-state index is 12.9. The summed E-state index contributed by atoms with van der Waals surface area (Å²) in [5.74, 6) is 0.0215. The third kappa shape index (κ3) is 5.02. The highest BCUT2D eigenvalue weighted by atomic mass is 32.2. The number of rotatable bonds is 8. The van der Waals surface area contributed by atoms with Crippen LogP contribution in [0.25, 0.3) is 0 Å². The van der Waals surface area contributed by atoms with Crippen molar-refractivity contribution < 1.29 is 16.8 Å². The van der Waals surface area contributed by atoms with Gasteiger partial charge in [-0.3, -0.25) is 4.72 Å². The Morgan fingerprint density at radius 3 is 2.37 bits per heavy atom. The number of hydrazone groups is 1. The maximum Gasteiger partial charge on any atom is 0.250 e. The molecule has 0 bridgehead atoms. The number of aryl methyl sites for hydroxylation is 1. The summed E-state index contributed by atoms with van der Waals surface area (Å²) in [5.41, 5.74) is 3.85. The van der Waals surface area contributed by atoms with E-state index in [1.165, 1.54) is 4.41 Å². The van der Waals surface area contributed by atoms with Gasteiger partial charge in [0.1, 0.15) is 0 Å². The number of nitrogens with zero attached hydrogens (tertiary/aromatic N) is 2. The highest BCUT2D eigenvalue weighted by Crippen LogP contribution is 2.35. The Morgan fingerprint density at radius 1 is 1.07 bits per heavy atom. The second kappa shape index (κ2) is 8.77. The molecule has 1 N–H and O–H groups in total. The van der Waals surface area contributed by atoms with Gasteiger partial charge in [-0.05, 0) is 43.5 Å². The number of hydrogen-bond acceptors (Lipinski definition) is 5. The summed E-state index contributed by atoms with van der Waals surface area (Å²) < 4.78 is 53.0. The van der Waals surface area contributed by atoms with Crippen molar-refractivity contribution in [1.82, 2.24) is 4.41 Å². The molecule has 0 aliphatic carbocycles. The number of benzene rings is 2. The van der Waals surface area contributed by atoms with Gasteiger partial charge in [0.2, 0.25) is 20.0 Å². The summed E-state index contributed by atoms with van der Waals surface area (Å²) in [4.78, 5) is 0. The van der Waals surface area contributed by atoms with Gasteiger partial charge < -0.3 is 0 Å². The first-order chi connectivity index (χ1) is 14.1. The molecule has 0 amide bonds. The van der Waals surface area contributed by atoms with Crippen molar-refractivity contribution in [3.63, 3.8) is 0 Å². The Balaban J connectivity index is 1.93. The smallest absolute Gasteiger partial charge is 0.250 e. The highest BCUT2D eigenvalue weighted by Gasteiger charge is 2.36. The van der Waals surface area contributed by atoms with Gasteiger partial charge in [0.05, 0.1) is 23.3 Å². The van der Waals surface area contributed by atoms with E-state index >= 15 is 0 Å². The molecule has 2 aromatic carbocycles. The van der Waals surface area contributed by atoms with E-state index in [1.54, 1.807) is 31.2 Å². The van der Waals surface area contributed by atoms with Crippen LogP contribution in [0.2, 0.25) is 0 Å². The van der Waals surface area contributed by atoms with Crippen LogP contribution < -0.4 is 4.72 Å². The fourth-order valence-electron chi connectivity index (χ4n) is 3.38. The van der Waals surface area contributed by atoms with E-state index in [-0.39, 0.29) is 11.5 Å². The summed E-state index contributed by atoms with van der Waals surface area (Å²) >= 11 is 0. The zero-order valence-corrected chi connectivity index (χ0v) is 19.0. The van der Waals surface area contributed by atoms with Crippen molar-refractivity contribution in [1.29, 1.82) is 0 Å². The zero-order chi connectivity index (χ0) is 21.9. The fraction of sp³-hybridized carbons (Fsp3) is 0.381. The third-order valence-electron chi connectivity index (χ3n) is 4.92. The van der Waals surface area contributed by atoms with Crippen molar-refractivity contribution >= 4 is 31.4 Å². The van der Waals surface area contributed by atoms with E-state index in [0.29, 0.717) is 24.2 Å². The molecule has 2 aromatic rings. The van der Waals surface area contributed by atoms with E-state index in [2.05, 4.69) is 9.82 Å². The maximum atomic E-state index is 12.9. The Morgan fingerprint density at radius 2 is 1.77 bits per heavy atom. The molecule has 0 spiro atoms. The number of anilines is 1. The molecule has 1 atom stereocenters. The van der Waals surface area contributed by atoms with Crippen LogP contribution in [0.15, 0.2) is 53.6 Å². The molecule has 0 saturated heterocycles. The van der Waals surface area contributed by atoms with Crippen LogP contribution >= 0.6 is 0 Å². The van der Waals surface area contributed by atoms with E-state index in [9.17, 15) is 16.8 Å². The molecule has 3 rings (SSSR count). The minimum Gasteiger partial charge on any atom is -0.284 e. The lowest BCUT2D eigenvalue weighted by Gasteiger charge is -2.23. The molecular weight excluding hydrogens is 422 g/mol. The van der Waals surface area contributed by atoms with E-state index in [4.69, 9.17) is 0 Å². The first kappa shape index (κ1) is 22.3. The summed E-state index contributed by atoms with van der Waals surface area (Å²) in [5, 5.41) is 4.48. The lowest BCUT2D eigenvalue weighted by atomic mass is 9.98. The first-order valence-electron chi connectivity index (χ1n) is 9.92. The second-order valence-electron chi connectivity index (χ2n) is 7.35. The minimum atomic E-state index is -3.54. The largest absolute Gasteiger partial charge is 0.284 e. The average Bonchev–Trinajstić information content (AvgIpc) is 3.15. The predicted molar refractivity (Wildman–Crippen MR) is 121 cm³/mol. The quantitative estimate of drug-likeness (QED) is 0.665. The van der Waals surface area contributed by atoms with Crippen molar-refractivity contribution in [2.45, 2.75) is 39.7 Å². The van der Waals surface area contributed by atoms with Gasteiger partial charge in [-0.2, -0.15) is 9.52 Å². The second-order valence-corrected chi connectivity index (χ2v) is 11.3. The molecule has 0 radical (unpaired) electrons. The number of sulfonamides is 2. The third-order valence-corrected chi connectivity index (χ3v) is 8.06. The molecule has 0 saturated carbocycles. The van der Waals surface area contributed by atoms with Crippen LogP contribution in [-0.4, -0.2) is 38.5 Å². The molecule has 1 aliphatic heterocycles. The molecule has 1 aliphatic rings. The molecule has 1 unspecified atom stereocenters. The number of hydrogen-bond donors (Lipinski definition) is 1. The van der Waals surface area contributed by atoms with Crippen LogP contribution in [0.4, 0.5) is 5.69 Å². The molecule has 1 heterocycles. The normalized spacial score (nSPS) is 17.1. The average molecular weight is 450 g/mol. The van der Waals surface area contributed by atoms with Crippen molar-refractivity contribution in [2.24, 2.45) is 5.10 Å². The van der Waals surface area contributed by atoms with Crippen molar-refractivity contribution in [2.75, 3.05) is 16.2 Å². The van der Waals surface area contributed by atoms with E-state index in [0.717, 1.165) is 16.7 Å². The van der Waals surface area contributed by atoms with Crippen molar-refractivity contribution in [3.05, 3.63) is 65.2 Å². The molecular formula is C21H27N3O4S2. The summed E-state index contributed by atoms with van der Waals surface area (Å²) in [7, 11) is -6.90. The molecule has 7 nitrogen and oxygen atoms in total. The topological polar surface area (TPSA) is 95.9 Å². The molecule has 0 aromatic heterocycles. The first-order valence-corrected chi connectivity index (χ1v) is 13.2. The van der Waals surface area contributed by atoms with Gasteiger partial charge in [-0.25, -0.2) is 16.8 Å². The van der Waals surface area contributed by atoms with Gasteiger partial charge in [-0.1, -0.05) is 48.9 Å². The summed E-state index contributed by atoms with van der Waals surface area (Å²) in [6.07, 6.45) is 0.961. The molecule has 162 valence electrons. The van der Waals surface area contributed by atoms with Gasteiger partial charge in [0, 0.05) is 12.1 Å². The van der Waals surface area contributed by atoms with E-state index < -0.39 is 26.1 Å². The van der Waals surface area contributed by atoms with Crippen LogP contribution in [-0.2, 0) is 20.0 Å². The van der Waals surface area contributed by atoms with Gasteiger partial charge in [-0.15, -0.1) is 0 Å². The standard InChI is InChI=1S/C21H27N3O4S2/c1-4-13-30(27,28)24-21(18-8-6-7-16(3)14-18)15-20(22-24)17-9-11-19(12-10-17)23-29(25,26)5-2/h6-12,14,21,23H,4-5,13,15H2,1-3H3. The summed E-state index contributed by atoms with van der Waals surface area (Å²) in [6, 6.07) is 14.3. The number of nitrogens with one attached hydrogen (secondary N) is 1. The lowest BCUT2D eigenvalue weighted by molar-refractivity contribution is 0.371. The Kier molecular flexibility index (Phi) is 6.52. The van der Waals surface area contributed by atoms with Crippen LogP contribution in [0.3, 0.4) is 0 Å². The Bertz CT molecular complexity index is 1140. The van der Waals surface area contributed by atoms with Crippen LogP contribution in [0.5, 0.6) is 0 Å². The van der Waals surface area contributed by atoms with Crippen LogP contribution in [0, 0.1) is 6.92 Å². The summed E-state index contributed by atoms with van der Waals surface area (Å²) in [6.45, 7) is 5.37. The monoisotopic (exact) mass is 449 g/mol. The van der Waals surface area contributed by atoms with Crippen LogP contribution in [0.1, 0.15) is 49.4 Å². The Labute approximate surface area is 178 Å². The zero-order valence-electron chi connectivity index (χ0n) is 17.4. The van der Waals surface area contributed by atoms with Gasteiger partial charge in [0.25, 0.3) is 0 Å². The van der Waals surface area contributed by atoms with Gasteiger partial charge >= 0.3 is 0 Å².